The van der Waals surface area contributed by atoms with Crippen molar-refractivity contribution >= 4 is 34.5 Å². The third-order valence-corrected chi connectivity index (χ3v) is 3.67. The molecule has 0 radical (unpaired) electrons. The van der Waals surface area contributed by atoms with Crippen LogP contribution in [0.1, 0.15) is 0 Å². The maximum atomic E-state index is 11.0. The van der Waals surface area contributed by atoms with Crippen molar-refractivity contribution in [3.63, 3.8) is 0 Å². The number of nitrogens with zero attached hydrogens (tertiary/aromatic N) is 2. The van der Waals surface area contributed by atoms with Crippen LogP contribution in [-0.4, -0.2) is 9.85 Å². The van der Waals surface area contributed by atoms with Gasteiger partial charge in [0.25, 0.3) is 11.4 Å². The molecule has 0 spiro atoms. The van der Waals surface area contributed by atoms with Gasteiger partial charge in [-0.05, 0) is 24.3 Å². The van der Waals surface area contributed by atoms with Gasteiger partial charge in [0.2, 0.25) is 0 Å². The highest BCUT2D eigenvalue weighted by Gasteiger charge is 2.20. The van der Waals surface area contributed by atoms with Gasteiger partial charge in [0.05, 0.1) is 19.6 Å². The molecule has 2 aromatic carbocycles. The summed E-state index contributed by atoms with van der Waals surface area (Å²) in [4.78, 5) is 21.3. The van der Waals surface area contributed by atoms with Gasteiger partial charge in [-0.3, -0.25) is 20.2 Å². The third-order valence-electron chi connectivity index (χ3n) is 2.58. The van der Waals surface area contributed by atoms with Crippen molar-refractivity contribution < 1.29 is 9.85 Å². The highest BCUT2D eigenvalue weighted by atomic mass is 32.2. The van der Waals surface area contributed by atoms with Gasteiger partial charge in [-0.15, -0.1) is 0 Å². The standard InChI is InChI=1S/C12H10N4O4S/c13-7-1-3-9(15(17)18)11(5-7)21-12-6-8(14)2-4-10(12)16(19)20/h1-6H,13-14H2. The molecule has 0 aliphatic heterocycles. The highest BCUT2D eigenvalue weighted by Crippen LogP contribution is 2.40. The molecule has 2 rings (SSSR count). The summed E-state index contributed by atoms with van der Waals surface area (Å²) in [7, 11) is 0. The number of anilines is 2. The summed E-state index contributed by atoms with van der Waals surface area (Å²) in [6, 6.07) is 8.11. The van der Waals surface area contributed by atoms with Gasteiger partial charge in [-0.25, -0.2) is 0 Å². The first kappa shape index (κ1) is 14.6. The lowest BCUT2D eigenvalue weighted by atomic mass is 10.3. The fourth-order valence-corrected chi connectivity index (χ4v) is 2.77. The molecule has 9 heteroatoms. The molecule has 0 bridgehead atoms. The normalized spacial score (nSPS) is 10.3. The van der Waals surface area contributed by atoms with Crippen molar-refractivity contribution in [1.29, 1.82) is 0 Å². The Morgan fingerprint density at radius 3 is 1.52 bits per heavy atom. The van der Waals surface area contributed by atoms with E-state index in [0.717, 1.165) is 11.8 Å². The SMILES string of the molecule is Nc1ccc([N+](=O)[O-])c(Sc2cc(N)ccc2[N+](=O)[O-])c1. The van der Waals surface area contributed by atoms with Gasteiger partial charge >= 0.3 is 0 Å². The Morgan fingerprint density at radius 2 is 1.19 bits per heavy atom. The van der Waals surface area contributed by atoms with Crippen LogP contribution in [0, 0.1) is 20.2 Å². The Labute approximate surface area is 123 Å². The van der Waals surface area contributed by atoms with Crippen molar-refractivity contribution in [3.8, 4) is 0 Å². The van der Waals surface area contributed by atoms with Crippen LogP contribution in [0.5, 0.6) is 0 Å². The quantitative estimate of drug-likeness (QED) is 0.503. The molecular weight excluding hydrogens is 296 g/mol. The molecule has 0 heterocycles. The molecule has 0 saturated carbocycles. The van der Waals surface area contributed by atoms with Crippen molar-refractivity contribution in [2.24, 2.45) is 0 Å². The van der Waals surface area contributed by atoms with Crippen LogP contribution in [0.15, 0.2) is 46.2 Å². The number of rotatable bonds is 4. The average Bonchev–Trinajstić information content (AvgIpc) is 2.38. The largest absolute Gasteiger partial charge is 0.399 e. The molecule has 0 atom stereocenters. The first-order chi connectivity index (χ1) is 9.88. The summed E-state index contributed by atoms with van der Waals surface area (Å²) < 4.78 is 0. The zero-order chi connectivity index (χ0) is 15.6. The molecule has 108 valence electrons. The number of nitro groups is 2. The Bertz CT molecular complexity index is 674. The van der Waals surface area contributed by atoms with E-state index in [9.17, 15) is 20.2 Å². The van der Waals surface area contributed by atoms with Crippen molar-refractivity contribution in [2.75, 3.05) is 11.5 Å². The van der Waals surface area contributed by atoms with E-state index < -0.39 is 9.85 Å². The van der Waals surface area contributed by atoms with Crippen molar-refractivity contribution in [3.05, 3.63) is 56.6 Å². The minimum absolute atomic E-state index is 0.175. The maximum absolute atomic E-state index is 11.0. The van der Waals surface area contributed by atoms with Crippen molar-refractivity contribution in [1.82, 2.24) is 0 Å². The van der Waals surface area contributed by atoms with E-state index >= 15 is 0 Å². The fourth-order valence-electron chi connectivity index (χ4n) is 1.65. The third kappa shape index (κ3) is 3.20. The predicted molar refractivity (Wildman–Crippen MR) is 79.1 cm³/mol. The minimum Gasteiger partial charge on any atom is -0.399 e. The van der Waals surface area contributed by atoms with Gasteiger partial charge in [0.15, 0.2) is 0 Å². The molecule has 0 unspecified atom stereocenters. The molecule has 8 nitrogen and oxygen atoms in total. The van der Waals surface area contributed by atoms with Gasteiger partial charge in [0, 0.05) is 23.5 Å². The molecule has 0 amide bonds. The fraction of sp³-hybridized carbons (Fsp3) is 0. The Hall–Kier alpha value is -2.81. The molecule has 21 heavy (non-hydrogen) atoms. The molecule has 0 saturated heterocycles. The lowest BCUT2D eigenvalue weighted by Crippen LogP contribution is -1.96. The van der Waals surface area contributed by atoms with Crippen LogP contribution < -0.4 is 11.5 Å². The lowest BCUT2D eigenvalue weighted by Gasteiger charge is -2.06. The molecule has 0 aromatic heterocycles. The number of nitrogen functional groups attached to an aromatic ring is 2. The average molecular weight is 306 g/mol. The summed E-state index contributed by atoms with van der Waals surface area (Å²) >= 11 is 0.882. The molecule has 2 aromatic rings. The number of hydrogen-bond acceptors (Lipinski definition) is 7. The highest BCUT2D eigenvalue weighted by molar-refractivity contribution is 7.99. The number of nitro benzene ring substituents is 2. The van der Waals surface area contributed by atoms with Crippen LogP contribution >= 0.6 is 11.8 Å². The van der Waals surface area contributed by atoms with E-state index in [-0.39, 0.29) is 21.2 Å². The zero-order valence-electron chi connectivity index (χ0n) is 10.6. The second-order valence-electron chi connectivity index (χ2n) is 4.07. The Balaban J connectivity index is 2.52. The number of hydrogen-bond donors (Lipinski definition) is 2. The second-order valence-corrected chi connectivity index (χ2v) is 5.15. The Morgan fingerprint density at radius 1 is 0.810 bits per heavy atom. The Kier molecular flexibility index (Phi) is 3.94. The van der Waals surface area contributed by atoms with Gasteiger partial charge in [-0.2, -0.15) is 0 Å². The predicted octanol–water partition coefficient (Wildman–Crippen LogP) is 2.82. The molecule has 0 aliphatic carbocycles. The van der Waals surface area contributed by atoms with Crippen LogP contribution in [-0.2, 0) is 0 Å². The topological polar surface area (TPSA) is 138 Å². The van der Waals surface area contributed by atoms with Crippen LogP contribution in [0.2, 0.25) is 0 Å². The van der Waals surface area contributed by atoms with Gasteiger partial charge < -0.3 is 11.5 Å². The minimum atomic E-state index is -0.570. The smallest absolute Gasteiger partial charge is 0.283 e. The lowest BCUT2D eigenvalue weighted by molar-refractivity contribution is -0.388. The molecule has 4 N–H and O–H groups in total. The molecular formula is C12H10N4O4S. The number of benzene rings is 2. The van der Waals surface area contributed by atoms with E-state index in [2.05, 4.69) is 0 Å². The monoisotopic (exact) mass is 306 g/mol. The zero-order valence-corrected chi connectivity index (χ0v) is 11.4. The first-order valence-corrected chi connectivity index (χ1v) is 6.46. The van der Waals surface area contributed by atoms with E-state index in [1.165, 1.54) is 36.4 Å². The molecule has 0 aliphatic rings. The van der Waals surface area contributed by atoms with E-state index in [1.807, 2.05) is 0 Å². The van der Waals surface area contributed by atoms with Crippen molar-refractivity contribution in [2.45, 2.75) is 9.79 Å². The van der Waals surface area contributed by atoms with Crippen LogP contribution in [0.3, 0.4) is 0 Å². The summed E-state index contributed by atoms with van der Waals surface area (Å²) in [6.07, 6.45) is 0. The summed E-state index contributed by atoms with van der Waals surface area (Å²) in [6.45, 7) is 0. The maximum Gasteiger partial charge on any atom is 0.283 e. The van der Waals surface area contributed by atoms with Crippen LogP contribution in [0.4, 0.5) is 22.7 Å². The van der Waals surface area contributed by atoms with E-state index in [4.69, 9.17) is 11.5 Å². The first-order valence-electron chi connectivity index (χ1n) is 5.64. The summed E-state index contributed by atoms with van der Waals surface area (Å²) in [5, 5.41) is 22.0. The summed E-state index contributed by atoms with van der Waals surface area (Å²) in [5.41, 5.74) is 11.5. The van der Waals surface area contributed by atoms with Crippen LogP contribution in [0.25, 0.3) is 0 Å². The van der Waals surface area contributed by atoms with E-state index in [0.29, 0.717) is 11.4 Å². The second kappa shape index (κ2) is 5.67. The van der Waals surface area contributed by atoms with Gasteiger partial charge in [-0.1, -0.05) is 11.8 Å². The van der Waals surface area contributed by atoms with E-state index in [1.54, 1.807) is 0 Å². The summed E-state index contributed by atoms with van der Waals surface area (Å²) in [5.74, 6) is 0. The number of nitrogens with two attached hydrogens (primary N) is 2. The molecule has 0 fully saturated rings. The van der Waals surface area contributed by atoms with Gasteiger partial charge in [0.1, 0.15) is 0 Å².